The lowest BCUT2D eigenvalue weighted by Crippen LogP contribution is -2.55. The molecule has 0 unspecified atom stereocenters. The molecule has 2 aromatic rings. The summed E-state index contributed by atoms with van der Waals surface area (Å²) < 4.78 is 27.7. The van der Waals surface area contributed by atoms with Crippen molar-refractivity contribution in [1.82, 2.24) is 4.72 Å². The SMILES string of the molecule is O=C(O)C1(NS(=O)(=O)c2cc(Cl)cc(Cl)c2O)Cc2ccccc2C1. The van der Waals surface area contributed by atoms with Gasteiger partial charge < -0.3 is 10.2 Å². The third kappa shape index (κ3) is 3.20. The summed E-state index contributed by atoms with van der Waals surface area (Å²) in [4.78, 5) is 11.3. The Morgan fingerprint density at radius 1 is 1.12 bits per heavy atom. The normalized spacial score (nSPS) is 15.8. The zero-order valence-corrected chi connectivity index (χ0v) is 15.0. The Hall–Kier alpha value is -1.80. The molecule has 0 bridgehead atoms. The molecule has 3 rings (SSSR count). The second kappa shape index (κ2) is 6.17. The van der Waals surface area contributed by atoms with E-state index in [4.69, 9.17) is 23.2 Å². The molecule has 0 heterocycles. The van der Waals surface area contributed by atoms with E-state index >= 15 is 0 Å². The molecule has 0 radical (unpaired) electrons. The maximum atomic E-state index is 12.7. The summed E-state index contributed by atoms with van der Waals surface area (Å²) in [6, 6.07) is 9.23. The van der Waals surface area contributed by atoms with Gasteiger partial charge >= 0.3 is 5.97 Å². The zero-order valence-electron chi connectivity index (χ0n) is 12.7. The van der Waals surface area contributed by atoms with Crippen LogP contribution < -0.4 is 4.72 Å². The minimum Gasteiger partial charge on any atom is -0.505 e. The Bertz CT molecular complexity index is 949. The lowest BCUT2D eigenvalue weighted by atomic mass is 9.98. The average Bonchev–Trinajstić information content (AvgIpc) is 2.89. The van der Waals surface area contributed by atoms with Gasteiger partial charge in [0.1, 0.15) is 10.4 Å². The van der Waals surface area contributed by atoms with Crippen LogP contribution in [0.4, 0.5) is 0 Å². The Morgan fingerprint density at radius 3 is 2.20 bits per heavy atom. The first-order valence-corrected chi connectivity index (χ1v) is 9.41. The largest absolute Gasteiger partial charge is 0.505 e. The Morgan fingerprint density at radius 2 is 1.68 bits per heavy atom. The summed E-state index contributed by atoms with van der Waals surface area (Å²) in [7, 11) is -4.39. The van der Waals surface area contributed by atoms with Gasteiger partial charge in [-0.05, 0) is 23.3 Å². The molecular formula is C16H13Cl2NO5S. The van der Waals surface area contributed by atoms with E-state index in [0.717, 1.165) is 17.2 Å². The van der Waals surface area contributed by atoms with Crippen LogP contribution in [0.3, 0.4) is 0 Å². The van der Waals surface area contributed by atoms with Gasteiger partial charge in [0.25, 0.3) is 0 Å². The first-order valence-electron chi connectivity index (χ1n) is 7.17. The van der Waals surface area contributed by atoms with Gasteiger partial charge in [0.15, 0.2) is 5.75 Å². The third-order valence-corrected chi connectivity index (χ3v) is 6.18. The number of halogens is 2. The maximum Gasteiger partial charge on any atom is 0.325 e. The number of aliphatic carboxylic acids is 1. The highest BCUT2D eigenvalue weighted by molar-refractivity contribution is 7.89. The lowest BCUT2D eigenvalue weighted by Gasteiger charge is -2.25. The number of carboxylic acids is 1. The molecule has 9 heteroatoms. The van der Waals surface area contributed by atoms with E-state index in [9.17, 15) is 23.4 Å². The maximum absolute atomic E-state index is 12.7. The van der Waals surface area contributed by atoms with Crippen molar-refractivity contribution in [3.8, 4) is 5.75 Å². The molecule has 0 saturated heterocycles. The molecule has 0 amide bonds. The summed E-state index contributed by atoms with van der Waals surface area (Å²) >= 11 is 11.6. The molecule has 0 fully saturated rings. The minimum absolute atomic E-state index is 0.00209. The predicted octanol–water partition coefficient (Wildman–Crippen LogP) is 2.60. The Labute approximate surface area is 154 Å². The van der Waals surface area contributed by atoms with Crippen LogP contribution >= 0.6 is 23.2 Å². The summed E-state index contributed by atoms with van der Waals surface area (Å²) in [5.74, 6) is -1.99. The summed E-state index contributed by atoms with van der Waals surface area (Å²) in [5.41, 5.74) is -0.245. The van der Waals surface area contributed by atoms with Crippen LogP contribution in [0.25, 0.3) is 0 Å². The number of hydrogen-bond donors (Lipinski definition) is 3. The fraction of sp³-hybridized carbons (Fsp3) is 0.188. The highest BCUT2D eigenvalue weighted by Crippen LogP contribution is 2.36. The van der Waals surface area contributed by atoms with Crippen molar-refractivity contribution in [3.05, 3.63) is 57.6 Å². The van der Waals surface area contributed by atoms with Crippen molar-refractivity contribution >= 4 is 39.2 Å². The highest BCUT2D eigenvalue weighted by atomic mass is 35.5. The smallest absolute Gasteiger partial charge is 0.325 e. The van der Waals surface area contributed by atoms with Gasteiger partial charge in [0.05, 0.1) is 5.02 Å². The van der Waals surface area contributed by atoms with E-state index in [2.05, 4.69) is 4.72 Å². The predicted molar refractivity (Wildman–Crippen MR) is 92.7 cm³/mol. The number of nitrogens with one attached hydrogen (secondary N) is 1. The molecule has 1 aliphatic carbocycles. The number of fused-ring (bicyclic) bond motifs is 1. The van der Waals surface area contributed by atoms with Crippen molar-refractivity contribution < 1.29 is 23.4 Å². The van der Waals surface area contributed by atoms with Crippen LogP contribution in [-0.4, -0.2) is 30.1 Å². The average molecular weight is 402 g/mol. The van der Waals surface area contributed by atoms with Crippen molar-refractivity contribution in [2.75, 3.05) is 0 Å². The van der Waals surface area contributed by atoms with E-state index in [0.29, 0.717) is 0 Å². The van der Waals surface area contributed by atoms with Crippen molar-refractivity contribution in [1.29, 1.82) is 0 Å². The molecule has 132 valence electrons. The van der Waals surface area contributed by atoms with Gasteiger partial charge in [-0.15, -0.1) is 0 Å². The number of phenolic OH excluding ortho intramolecular Hbond substituents is 1. The van der Waals surface area contributed by atoms with Crippen molar-refractivity contribution in [3.63, 3.8) is 0 Å². The van der Waals surface area contributed by atoms with Crippen LogP contribution in [0.5, 0.6) is 5.75 Å². The molecule has 0 atom stereocenters. The van der Waals surface area contributed by atoms with Gasteiger partial charge in [-0.3, -0.25) is 4.79 Å². The van der Waals surface area contributed by atoms with Crippen LogP contribution in [0.1, 0.15) is 11.1 Å². The van der Waals surface area contributed by atoms with Gasteiger partial charge in [0, 0.05) is 17.9 Å². The number of sulfonamides is 1. The lowest BCUT2D eigenvalue weighted by molar-refractivity contribution is -0.143. The standard InChI is InChI=1S/C16H13Cl2NO5S/c17-11-5-12(18)14(20)13(6-11)25(23,24)19-16(15(21)22)7-9-3-1-2-4-10(9)8-16/h1-6,19-20H,7-8H2,(H,21,22). The van der Waals surface area contributed by atoms with Gasteiger partial charge in [-0.25, -0.2) is 8.42 Å². The monoisotopic (exact) mass is 401 g/mol. The van der Waals surface area contributed by atoms with Gasteiger partial charge in [0.2, 0.25) is 10.0 Å². The molecular weight excluding hydrogens is 389 g/mol. The summed E-state index contributed by atoms with van der Waals surface area (Å²) in [5, 5.41) is 19.4. The second-order valence-corrected chi connectivity index (χ2v) is 8.34. The Kier molecular flexibility index (Phi) is 4.45. The van der Waals surface area contributed by atoms with Crippen molar-refractivity contribution in [2.24, 2.45) is 0 Å². The van der Waals surface area contributed by atoms with E-state index < -0.39 is 32.2 Å². The first-order chi connectivity index (χ1) is 11.6. The molecule has 0 aliphatic heterocycles. The van der Waals surface area contributed by atoms with E-state index in [-0.39, 0.29) is 22.9 Å². The number of aromatic hydroxyl groups is 1. The molecule has 3 N–H and O–H groups in total. The van der Waals surface area contributed by atoms with E-state index in [1.165, 1.54) is 6.07 Å². The van der Waals surface area contributed by atoms with Gasteiger partial charge in [-0.1, -0.05) is 47.5 Å². The third-order valence-electron chi connectivity index (χ3n) is 4.12. The first kappa shape index (κ1) is 18.0. The fourth-order valence-corrected chi connectivity index (χ4v) is 5.06. The molecule has 6 nitrogen and oxygen atoms in total. The molecule has 0 saturated carbocycles. The summed E-state index contributed by atoms with van der Waals surface area (Å²) in [6.45, 7) is 0. The van der Waals surface area contributed by atoms with Crippen LogP contribution in [-0.2, 0) is 27.7 Å². The molecule has 2 aromatic carbocycles. The summed E-state index contributed by atoms with van der Waals surface area (Å²) in [6.07, 6.45) is -0.0143. The molecule has 0 aromatic heterocycles. The minimum atomic E-state index is -4.39. The topological polar surface area (TPSA) is 104 Å². The number of carboxylic acid groups (broad SMARTS) is 1. The highest BCUT2D eigenvalue weighted by Gasteiger charge is 2.47. The van der Waals surface area contributed by atoms with Crippen LogP contribution in [0.2, 0.25) is 10.0 Å². The van der Waals surface area contributed by atoms with Crippen molar-refractivity contribution in [2.45, 2.75) is 23.3 Å². The second-order valence-electron chi connectivity index (χ2n) is 5.85. The molecule has 0 spiro atoms. The van der Waals surface area contributed by atoms with E-state index in [1.807, 2.05) is 0 Å². The Balaban J connectivity index is 2.04. The van der Waals surface area contributed by atoms with Crippen LogP contribution in [0.15, 0.2) is 41.3 Å². The number of rotatable bonds is 4. The fourth-order valence-electron chi connectivity index (χ4n) is 2.94. The quantitative estimate of drug-likeness (QED) is 0.730. The zero-order chi connectivity index (χ0) is 18.4. The number of phenols is 1. The molecule has 25 heavy (non-hydrogen) atoms. The molecule has 1 aliphatic rings. The number of benzene rings is 2. The van der Waals surface area contributed by atoms with Crippen LogP contribution in [0, 0.1) is 0 Å². The number of hydrogen-bond acceptors (Lipinski definition) is 4. The number of carbonyl (C=O) groups is 1. The van der Waals surface area contributed by atoms with E-state index in [1.54, 1.807) is 24.3 Å². The van der Waals surface area contributed by atoms with Gasteiger partial charge in [-0.2, -0.15) is 4.72 Å².